The number of hydrogen-bond donors (Lipinski definition) is 1. The second kappa shape index (κ2) is 9.94. The molecule has 1 unspecified atom stereocenters. The van der Waals surface area contributed by atoms with Gasteiger partial charge in [-0.3, -0.25) is 9.89 Å². The summed E-state index contributed by atoms with van der Waals surface area (Å²) in [6.45, 7) is 8.32. The second-order valence-corrected chi connectivity index (χ2v) is 7.85. The van der Waals surface area contributed by atoms with Gasteiger partial charge in [-0.25, -0.2) is 4.79 Å². The molecule has 3 heterocycles. The van der Waals surface area contributed by atoms with Crippen molar-refractivity contribution in [2.24, 2.45) is 4.99 Å². The predicted octanol–water partition coefficient (Wildman–Crippen LogP) is 2.23. The van der Waals surface area contributed by atoms with Crippen molar-refractivity contribution in [2.75, 3.05) is 59.5 Å². The lowest BCUT2D eigenvalue weighted by atomic mass is 10.2. The van der Waals surface area contributed by atoms with E-state index in [-0.39, 0.29) is 6.09 Å². The van der Waals surface area contributed by atoms with Gasteiger partial charge < -0.3 is 19.9 Å². The van der Waals surface area contributed by atoms with Crippen molar-refractivity contribution in [1.29, 1.82) is 0 Å². The Morgan fingerprint density at radius 3 is 2.52 bits per heavy atom. The van der Waals surface area contributed by atoms with Crippen molar-refractivity contribution in [3.05, 3.63) is 22.4 Å². The minimum absolute atomic E-state index is 0.216. The standard InChI is InChI=1S/C19H31N5O2S/c1-3-26-19(25)24-12-10-23(11-13-24)18(20-2)21-15-16(17-7-6-14-27-17)22-8-4-5-9-22/h6-7,14,16H,3-5,8-13,15H2,1-2H3,(H,20,21). The van der Waals surface area contributed by atoms with Crippen LogP contribution in [-0.2, 0) is 4.74 Å². The first-order valence-electron chi connectivity index (χ1n) is 9.87. The number of thiophene rings is 1. The van der Waals surface area contributed by atoms with Crippen LogP contribution < -0.4 is 5.32 Å². The van der Waals surface area contributed by atoms with Crippen LogP contribution in [0, 0.1) is 0 Å². The number of likely N-dealkylation sites (tertiary alicyclic amines) is 1. The molecule has 0 saturated carbocycles. The molecule has 1 aromatic heterocycles. The van der Waals surface area contributed by atoms with Crippen LogP contribution in [0.5, 0.6) is 0 Å². The van der Waals surface area contributed by atoms with Crippen LogP contribution in [0.15, 0.2) is 22.5 Å². The molecule has 0 bridgehead atoms. The summed E-state index contributed by atoms with van der Waals surface area (Å²) in [5.74, 6) is 0.916. The van der Waals surface area contributed by atoms with E-state index < -0.39 is 0 Å². The molecule has 2 saturated heterocycles. The summed E-state index contributed by atoms with van der Waals surface area (Å²) in [6, 6.07) is 4.76. The molecule has 0 radical (unpaired) electrons. The zero-order valence-corrected chi connectivity index (χ0v) is 17.2. The van der Waals surface area contributed by atoms with Crippen LogP contribution in [0.1, 0.15) is 30.7 Å². The minimum Gasteiger partial charge on any atom is -0.450 e. The Labute approximate surface area is 166 Å². The third kappa shape index (κ3) is 5.13. The van der Waals surface area contributed by atoms with Gasteiger partial charge in [0.15, 0.2) is 5.96 Å². The number of piperazine rings is 1. The van der Waals surface area contributed by atoms with Crippen LogP contribution in [0.2, 0.25) is 0 Å². The fraction of sp³-hybridized carbons (Fsp3) is 0.684. The van der Waals surface area contributed by atoms with Crippen LogP contribution in [0.4, 0.5) is 4.79 Å². The van der Waals surface area contributed by atoms with Crippen molar-refractivity contribution in [2.45, 2.75) is 25.8 Å². The smallest absolute Gasteiger partial charge is 0.409 e. The highest BCUT2D eigenvalue weighted by atomic mass is 32.1. The fourth-order valence-corrected chi connectivity index (χ4v) is 4.64. The lowest BCUT2D eigenvalue weighted by Gasteiger charge is -2.36. The number of hydrogen-bond acceptors (Lipinski definition) is 5. The molecule has 1 atom stereocenters. The summed E-state index contributed by atoms with van der Waals surface area (Å²) >= 11 is 1.83. The average Bonchev–Trinajstić information content (AvgIpc) is 3.40. The van der Waals surface area contributed by atoms with E-state index in [9.17, 15) is 4.79 Å². The van der Waals surface area contributed by atoms with E-state index in [4.69, 9.17) is 4.74 Å². The maximum atomic E-state index is 11.9. The number of rotatable bonds is 5. The van der Waals surface area contributed by atoms with E-state index in [0.29, 0.717) is 25.7 Å². The number of nitrogens with zero attached hydrogens (tertiary/aromatic N) is 4. The molecule has 1 N–H and O–H groups in total. The molecule has 7 nitrogen and oxygen atoms in total. The first kappa shape index (κ1) is 19.9. The average molecular weight is 394 g/mol. The zero-order chi connectivity index (χ0) is 19.1. The molecule has 3 rings (SSSR count). The summed E-state index contributed by atoms with van der Waals surface area (Å²) in [4.78, 5) is 24.3. The number of ether oxygens (including phenoxy) is 1. The molecule has 2 aliphatic heterocycles. The van der Waals surface area contributed by atoms with E-state index in [1.54, 1.807) is 4.90 Å². The van der Waals surface area contributed by atoms with E-state index in [1.807, 2.05) is 25.3 Å². The highest BCUT2D eigenvalue weighted by molar-refractivity contribution is 7.10. The van der Waals surface area contributed by atoms with E-state index in [1.165, 1.54) is 30.8 Å². The number of carbonyl (C=O) groups is 1. The molecule has 1 amide bonds. The van der Waals surface area contributed by atoms with Gasteiger partial charge in [-0.2, -0.15) is 0 Å². The van der Waals surface area contributed by atoms with Crippen molar-refractivity contribution >= 4 is 23.4 Å². The maximum absolute atomic E-state index is 11.9. The predicted molar refractivity (Wildman–Crippen MR) is 109 cm³/mol. The quantitative estimate of drug-likeness (QED) is 0.614. The molecule has 2 aliphatic rings. The van der Waals surface area contributed by atoms with Crippen LogP contribution >= 0.6 is 11.3 Å². The third-order valence-corrected chi connectivity index (χ3v) is 6.20. The summed E-state index contributed by atoms with van der Waals surface area (Å²) in [5, 5.41) is 5.73. The van der Waals surface area contributed by atoms with Crippen molar-refractivity contribution in [1.82, 2.24) is 20.0 Å². The van der Waals surface area contributed by atoms with Crippen molar-refractivity contribution in [3.8, 4) is 0 Å². The molecule has 0 aromatic carbocycles. The zero-order valence-electron chi connectivity index (χ0n) is 16.4. The number of aliphatic imine (C=N–C) groups is 1. The van der Waals surface area contributed by atoms with Gasteiger partial charge in [0.2, 0.25) is 0 Å². The van der Waals surface area contributed by atoms with Gasteiger partial charge in [0.25, 0.3) is 0 Å². The van der Waals surface area contributed by atoms with Crippen LogP contribution in [0.3, 0.4) is 0 Å². The second-order valence-electron chi connectivity index (χ2n) is 6.88. The van der Waals surface area contributed by atoms with E-state index in [2.05, 4.69) is 37.6 Å². The molecular weight excluding hydrogens is 362 g/mol. The molecule has 8 heteroatoms. The molecular formula is C19H31N5O2S. The van der Waals surface area contributed by atoms with Gasteiger partial charge in [0.1, 0.15) is 0 Å². The molecule has 0 spiro atoms. The Morgan fingerprint density at radius 1 is 1.22 bits per heavy atom. The Morgan fingerprint density at radius 2 is 1.93 bits per heavy atom. The molecule has 0 aliphatic carbocycles. The first-order valence-corrected chi connectivity index (χ1v) is 10.8. The summed E-state index contributed by atoms with van der Waals surface area (Å²) in [6.07, 6.45) is 2.35. The van der Waals surface area contributed by atoms with Crippen LogP contribution in [0.25, 0.3) is 0 Å². The number of amides is 1. The highest BCUT2D eigenvalue weighted by Crippen LogP contribution is 2.27. The van der Waals surface area contributed by atoms with Crippen LogP contribution in [-0.4, -0.2) is 86.2 Å². The fourth-order valence-electron chi connectivity index (χ4n) is 3.78. The molecule has 2 fully saturated rings. The van der Waals surface area contributed by atoms with Gasteiger partial charge in [-0.05, 0) is 44.3 Å². The lowest BCUT2D eigenvalue weighted by molar-refractivity contribution is 0.0913. The van der Waals surface area contributed by atoms with Gasteiger partial charge in [-0.1, -0.05) is 6.07 Å². The normalized spacial score (nSPS) is 20.0. The summed E-state index contributed by atoms with van der Waals surface area (Å²) < 4.78 is 5.10. The molecule has 150 valence electrons. The number of carbonyl (C=O) groups excluding carboxylic acids is 1. The number of guanidine groups is 1. The molecule has 27 heavy (non-hydrogen) atoms. The number of nitrogens with one attached hydrogen (secondary N) is 1. The van der Waals surface area contributed by atoms with E-state index >= 15 is 0 Å². The van der Waals surface area contributed by atoms with Gasteiger partial charge >= 0.3 is 6.09 Å². The monoisotopic (exact) mass is 393 g/mol. The maximum Gasteiger partial charge on any atom is 0.409 e. The Balaban J connectivity index is 1.54. The third-order valence-electron chi connectivity index (χ3n) is 5.22. The Bertz CT molecular complexity index is 608. The lowest BCUT2D eigenvalue weighted by Crippen LogP contribution is -2.54. The summed E-state index contributed by atoms with van der Waals surface area (Å²) in [7, 11) is 1.83. The highest BCUT2D eigenvalue weighted by Gasteiger charge is 2.27. The van der Waals surface area contributed by atoms with Gasteiger partial charge in [0.05, 0.1) is 12.6 Å². The largest absolute Gasteiger partial charge is 0.450 e. The van der Waals surface area contributed by atoms with E-state index in [0.717, 1.165) is 25.6 Å². The van der Waals surface area contributed by atoms with Crippen molar-refractivity contribution in [3.63, 3.8) is 0 Å². The Hall–Kier alpha value is -1.80. The Kier molecular flexibility index (Phi) is 7.34. The van der Waals surface area contributed by atoms with Gasteiger partial charge in [-0.15, -0.1) is 11.3 Å². The van der Waals surface area contributed by atoms with Gasteiger partial charge in [0, 0.05) is 44.6 Å². The SMILES string of the molecule is CCOC(=O)N1CCN(C(=NC)NCC(c2cccs2)N2CCCC2)CC1. The minimum atomic E-state index is -0.216. The summed E-state index contributed by atoms with van der Waals surface area (Å²) in [5.41, 5.74) is 0. The molecule has 1 aromatic rings. The topological polar surface area (TPSA) is 60.4 Å². The first-order chi connectivity index (χ1) is 13.2. The van der Waals surface area contributed by atoms with Crippen molar-refractivity contribution < 1.29 is 9.53 Å².